The molecule has 0 saturated carbocycles. The van der Waals surface area contributed by atoms with Crippen LogP contribution in [0.5, 0.6) is 0 Å². The minimum atomic E-state index is -0.336. The Morgan fingerprint density at radius 3 is 3.05 bits per heavy atom. The Bertz CT molecular complexity index is 638. The average Bonchev–Trinajstić information content (AvgIpc) is 2.82. The minimum absolute atomic E-state index is 0.128. The van der Waals surface area contributed by atoms with Crippen molar-refractivity contribution in [1.29, 1.82) is 0 Å². The molecule has 1 aromatic heterocycles. The molecule has 1 fully saturated rings. The molecule has 1 unspecified atom stereocenters. The van der Waals surface area contributed by atoms with Gasteiger partial charge in [0.1, 0.15) is 0 Å². The first kappa shape index (κ1) is 13.1. The van der Waals surface area contributed by atoms with Crippen molar-refractivity contribution in [2.75, 3.05) is 26.7 Å². The van der Waals surface area contributed by atoms with E-state index in [4.69, 9.17) is 4.74 Å². The van der Waals surface area contributed by atoms with E-state index in [-0.39, 0.29) is 16.7 Å². The lowest BCUT2D eigenvalue weighted by atomic mass is 10.2. The predicted octanol–water partition coefficient (Wildman–Crippen LogP) is 1.88. The van der Waals surface area contributed by atoms with Crippen LogP contribution in [-0.4, -0.2) is 47.2 Å². The lowest BCUT2D eigenvalue weighted by Gasteiger charge is -2.30. The van der Waals surface area contributed by atoms with Crippen molar-refractivity contribution >= 4 is 16.6 Å². The number of rotatable bonds is 3. The minimum Gasteiger partial charge on any atom is -0.374 e. The first-order chi connectivity index (χ1) is 9.65. The second-order valence-electron chi connectivity index (χ2n) is 5.19. The van der Waals surface area contributed by atoms with Gasteiger partial charge in [0.2, 0.25) is 0 Å². The van der Waals surface area contributed by atoms with Gasteiger partial charge in [-0.05, 0) is 19.2 Å². The van der Waals surface area contributed by atoms with Gasteiger partial charge in [0, 0.05) is 25.4 Å². The molecule has 1 aromatic carbocycles. The summed E-state index contributed by atoms with van der Waals surface area (Å²) in [5.74, 6) is 0. The molecule has 1 saturated heterocycles. The number of benzene rings is 1. The van der Waals surface area contributed by atoms with Gasteiger partial charge in [0.05, 0.1) is 35.1 Å². The van der Waals surface area contributed by atoms with Crippen molar-refractivity contribution < 1.29 is 9.66 Å². The number of hydrogen-bond acceptors (Lipinski definition) is 4. The van der Waals surface area contributed by atoms with Gasteiger partial charge >= 0.3 is 0 Å². The van der Waals surface area contributed by atoms with E-state index in [1.54, 1.807) is 12.1 Å². The molecule has 6 heteroatoms. The van der Waals surface area contributed by atoms with Crippen LogP contribution in [0.3, 0.4) is 0 Å². The van der Waals surface area contributed by atoms with Crippen LogP contribution in [-0.2, 0) is 11.3 Å². The zero-order chi connectivity index (χ0) is 14.1. The number of hydrogen-bond donors (Lipinski definition) is 0. The predicted molar refractivity (Wildman–Crippen MR) is 75.8 cm³/mol. The van der Waals surface area contributed by atoms with E-state index in [9.17, 15) is 10.1 Å². The Kier molecular flexibility index (Phi) is 3.42. The van der Waals surface area contributed by atoms with Gasteiger partial charge in [-0.3, -0.25) is 10.1 Å². The largest absolute Gasteiger partial charge is 0.374 e. The van der Waals surface area contributed by atoms with Crippen LogP contribution in [0.25, 0.3) is 10.9 Å². The molecule has 2 aromatic rings. The summed E-state index contributed by atoms with van der Waals surface area (Å²) >= 11 is 0. The van der Waals surface area contributed by atoms with Crippen molar-refractivity contribution in [1.82, 2.24) is 9.47 Å². The molecule has 20 heavy (non-hydrogen) atoms. The molecule has 0 bridgehead atoms. The number of aromatic nitrogens is 1. The third-order valence-corrected chi connectivity index (χ3v) is 3.73. The molecule has 2 heterocycles. The van der Waals surface area contributed by atoms with Gasteiger partial charge in [-0.2, -0.15) is 0 Å². The molecule has 0 N–H and O–H groups in total. The zero-order valence-electron chi connectivity index (χ0n) is 11.4. The van der Waals surface area contributed by atoms with Crippen molar-refractivity contribution in [2.45, 2.75) is 12.6 Å². The Balaban J connectivity index is 1.89. The van der Waals surface area contributed by atoms with E-state index >= 15 is 0 Å². The highest BCUT2D eigenvalue weighted by atomic mass is 16.6. The summed E-state index contributed by atoms with van der Waals surface area (Å²) in [5, 5.41) is 11.7. The first-order valence-corrected chi connectivity index (χ1v) is 6.67. The van der Waals surface area contributed by atoms with Crippen LogP contribution in [0.2, 0.25) is 0 Å². The number of ether oxygens (including phenoxy) is 1. The molecular formula is C14H17N3O3. The van der Waals surface area contributed by atoms with Gasteiger partial charge in [0.15, 0.2) is 0 Å². The Labute approximate surface area is 116 Å². The van der Waals surface area contributed by atoms with Crippen LogP contribution >= 0.6 is 0 Å². The summed E-state index contributed by atoms with van der Waals surface area (Å²) in [6.45, 7) is 3.29. The van der Waals surface area contributed by atoms with Crippen LogP contribution in [0.15, 0.2) is 30.5 Å². The molecule has 1 aliphatic rings. The van der Waals surface area contributed by atoms with Gasteiger partial charge in [-0.25, -0.2) is 0 Å². The van der Waals surface area contributed by atoms with E-state index in [0.29, 0.717) is 5.39 Å². The van der Waals surface area contributed by atoms with E-state index < -0.39 is 0 Å². The van der Waals surface area contributed by atoms with E-state index in [1.807, 2.05) is 16.8 Å². The summed E-state index contributed by atoms with van der Waals surface area (Å²) in [5.41, 5.74) is 1.04. The Morgan fingerprint density at radius 2 is 2.30 bits per heavy atom. The van der Waals surface area contributed by atoms with Gasteiger partial charge in [-0.1, -0.05) is 6.07 Å². The van der Waals surface area contributed by atoms with Gasteiger partial charge < -0.3 is 14.2 Å². The number of non-ortho nitro benzene ring substituents is 1. The number of nitrogens with zero attached hydrogens (tertiary/aromatic N) is 3. The number of nitro groups is 1. The van der Waals surface area contributed by atoms with Crippen molar-refractivity contribution in [3.8, 4) is 0 Å². The van der Waals surface area contributed by atoms with Crippen molar-refractivity contribution in [2.24, 2.45) is 0 Å². The fourth-order valence-electron chi connectivity index (χ4n) is 2.72. The van der Waals surface area contributed by atoms with Crippen LogP contribution < -0.4 is 0 Å². The summed E-state index contributed by atoms with van der Waals surface area (Å²) in [6, 6.07) is 6.98. The fraction of sp³-hybridized carbons (Fsp3) is 0.429. The summed E-state index contributed by atoms with van der Waals surface area (Å²) in [6.07, 6.45) is 2.03. The quantitative estimate of drug-likeness (QED) is 0.634. The average molecular weight is 275 g/mol. The highest BCUT2D eigenvalue weighted by Gasteiger charge is 2.20. The molecule has 0 spiro atoms. The van der Waals surface area contributed by atoms with Gasteiger partial charge in [0.25, 0.3) is 5.69 Å². The molecule has 1 atom stereocenters. The maximum Gasteiger partial charge on any atom is 0.278 e. The zero-order valence-corrected chi connectivity index (χ0v) is 11.4. The van der Waals surface area contributed by atoms with E-state index in [0.717, 1.165) is 31.8 Å². The molecule has 0 radical (unpaired) electrons. The lowest BCUT2D eigenvalue weighted by molar-refractivity contribution is -0.383. The highest BCUT2D eigenvalue weighted by molar-refractivity contribution is 5.89. The maximum atomic E-state index is 11.0. The number of likely N-dealkylation sites (N-methyl/N-ethyl adjacent to an activating group) is 1. The third-order valence-electron chi connectivity index (χ3n) is 3.73. The summed E-state index contributed by atoms with van der Waals surface area (Å²) in [7, 11) is 2.08. The molecule has 0 amide bonds. The molecular weight excluding hydrogens is 258 g/mol. The third kappa shape index (κ3) is 2.39. The van der Waals surface area contributed by atoms with Crippen LogP contribution in [0.1, 0.15) is 0 Å². The molecule has 1 aliphatic heterocycles. The van der Waals surface area contributed by atoms with Crippen molar-refractivity contribution in [3.63, 3.8) is 0 Å². The molecule has 0 aliphatic carbocycles. The van der Waals surface area contributed by atoms with E-state index in [1.165, 1.54) is 6.07 Å². The number of fused-ring (bicyclic) bond motifs is 1. The first-order valence-electron chi connectivity index (χ1n) is 6.67. The molecule has 106 valence electrons. The van der Waals surface area contributed by atoms with Gasteiger partial charge in [-0.15, -0.1) is 0 Å². The second-order valence-corrected chi connectivity index (χ2v) is 5.19. The smallest absolute Gasteiger partial charge is 0.278 e. The van der Waals surface area contributed by atoms with Crippen LogP contribution in [0.4, 0.5) is 5.69 Å². The number of morpholine rings is 1. The normalized spacial score (nSPS) is 20.4. The Hall–Kier alpha value is -1.92. The molecule has 3 rings (SSSR count). The SMILES string of the molecule is CN1CCOC(Cn2ccc3c([N+](=O)[O-])cccc32)C1. The molecule has 6 nitrogen and oxygen atoms in total. The van der Waals surface area contributed by atoms with Crippen LogP contribution in [0, 0.1) is 10.1 Å². The maximum absolute atomic E-state index is 11.0. The van der Waals surface area contributed by atoms with Crippen molar-refractivity contribution in [3.05, 3.63) is 40.6 Å². The highest BCUT2D eigenvalue weighted by Crippen LogP contribution is 2.26. The Morgan fingerprint density at radius 1 is 1.45 bits per heavy atom. The number of nitro benzene ring substituents is 1. The summed E-state index contributed by atoms with van der Waals surface area (Å²) in [4.78, 5) is 12.9. The standard InChI is InChI=1S/C14H17N3O3/c1-15-7-8-20-11(9-15)10-16-6-5-12-13(16)3-2-4-14(12)17(18)19/h2-6,11H,7-10H2,1H3. The fourth-order valence-corrected chi connectivity index (χ4v) is 2.72. The lowest BCUT2D eigenvalue weighted by Crippen LogP contribution is -2.41. The topological polar surface area (TPSA) is 60.5 Å². The van der Waals surface area contributed by atoms with E-state index in [2.05, 4.69) is 11.9 Å². The second kappa shape index (κ2) is 5.22. The monoisotopic (exact) mass is 275 g/mol. The summed E-state index contributed by atoms with van der Waals surface area (Å²) < 4.78 is 7.79.